The molecule has 0 aliphatic carbocycles. The lowest BCUT2D eigenvalue weighted by Gasteiger charge is -2.32. The Bertz CT molecular complexity index is 1010. The maximum absolute atomic E-state index is 5.01. The molecule has 1 N–H and O–H groups in total. The van der Waals surface area contributed by atoms with Crippen LogP contribution in [0.25, 0.3) is 0 Å². The minimum atomic E-state index is 0.821. The maximum Gasteiger partial charge on any atom is 0.229 e. The molecule has 2 aliphatic rings. The van der Waals surface area contributed by atoms with Crippen LogP contribution < -0.4 is 15.1 Å². The molecule has 1 saturated heterocycles. The van der Waals surface area contributed by atoms with E-state index in [1.54, 1.807) is 0 Å². The zero-order chi connectivity index (χ0) is 20.3. The largest absolute Gasteiger partial charge is 0.356 e. The van der Waals surface area contributed by atoms with Crippen LogP contribution >= 0.6 is 0 Å². The van der Waals surface area contributed by atoms with Crippen molar-refractivity contribution >= 4 is 23.3 Å². The lowest BCUT2D eigenvalue weighted by Crippen LogP contribution is -2.34. The van der Waals surface area contributed by atoms with Gasteiger partial charge in [-0.1, -0.05) is 42.0 Å². The van der Waals surface area contributed by atoms with Gasteiger partial charge < -0.3 is 15.1 Å². The third-order valence-corrected chi connectivity index (χ3v) is 6.12. The molecule has 5 nitrogen and oxygen atoms in total. The summed E-state index contributed by atoms with van der Waals surface area (Å²) < 4.78 is 0. The predicted molar refractivity (Wildman–Crippen MR) is 124 cm³/mol. The summed E-state index contributed by atoms with van der Waals surface area (Å²) in [5.74, 6) is 2.72. The van der Waals surface area contributed by atoms with Crippen molar-refractivity contribution in [1.82, 2.24) is 9.97 Å². The standard InChI is InChI=1S/C25H29N5/c1-19-9-11-22(12-10-19)26-23-17-24(29-14-5-2-6-15-29)28-25(27-23)30-16-13-20-7-3-4-8-21(20)18-30/h3-4,7-12,17H,2,5-6,13-16,18H2,1H3,(H,26,27,28). The summed E-state index contributed by atoms with van der Waals surface area (Å²) in [5.41, 5.74) is 5.13. The number of nitrogens with one attached hydrogen (secondary N) is 1. The molecule has 0 bridgehead atoms. The molecular formula is C25H29N5. The van der Waals surface area contributed by atoms with E-state index < -0.39 is 0 Å². The van der Waals surface area contributed by atoms with Crippen molar-refractivity contribution in [2.75, 3.05) is 34.8 Å². The average molecular weight is 400 g/mol. The highest BCUT2D eigenvalue weighted by atomic mass is 15.3. The maximum atomic E-state index is 5.01. The van der Waals surface area contributed by atoms with Crippen molar-refractivity contribution in [2.24, 2.45) is 0 Å². The lowest BCUT2D eigenvalue weighted by molar-refractivity contribution is 0.572. The van der Waals surface area contributed by atoms with E-state index in [-0.39, 0.29) is 0 Å². The van der Waals surface area contributed by atoms with Gasteiger partial charge in [-0.2, -0.15) is 9.97 Å². The van der Waals surface area contributed by atoms with Gasteiger partial charge in [0.1, 0.15) is 11.6 Å². The van der Waals surface area contributed by atoms with E-state index in [2.05, 4.69) is 76.6 Å². The molecule has 2 aliphatic heterocycles. The summed E-state index contributed by atoms with van der Waals surface area (Å²) in [4.78, 5) is 14.7. The van der Waals surface area contributed by atoms with E-state index in [9.17, 15) is 0 Å². The number of aryl methyl sites for hydroxylation is 1. The van der Waals surface area contributed by atoms with Crippen molar-refractivity contribution in [3.8, 4) is 0 Å². The number of fused-ring (bicyclic) bond motifs is 1. The molecule has 0 atom stereocenters. The van der Waals surface area contributed by atoms with Crippen LogP contribution in [-0.4, -0.2) is 29.6 Å². The Morgan fingerprint density at radius 2 is 1.57 bits per heavy atom. The molecule has 3 heterocycles. The number of nitrogens with zero attached hydrogens (tertiary/aromatic N) is 4. The molecule has 1 aromatic heterocycles. The van der Waals surface area contributed by atoms with Crippen LogP contribution in [0.3, 0.4) is 0 Å². The summed E-state index contributed by atoms with van der Waals surface area (Å²) in [6.07, 6.45) is 4.81. The Morgan fingerprint density at radius 1 is 0.800 bits per heavy atom. The van der Waals surface area contributed by atoms with E-state index in [1.807, 2.05) is 0 Å². The number of anilines is 4. The Balaban J connectivity index is 1.47. The number of hydrogen-bond acceptors (Lipinski definition) is 5. The molecule has 5 rings (SSSR count). The van der Waals surface area contributed by atoms with Gasteiger partial charge in [0.05, 0.1) is 0 Å². The van der Waals surface area contributed by atoms with Crippen LogP contribution in [0.15, 0.2) is 54.6 Å². The van der Waals surface area contributed by atoms with Crippen LogP contribution in [0.1, 0.15) is 36.0 Å². The summed E-state index contributed by atoms with van der Waals surface area (Å²) in [6, 6.07) is 19.3. The van der Waals surface area contributed by atoms with E-state index in [1.165, 1.54) is 36.0 Å². The van der Waals surface area contributed by atoms with Gasteiger partial charge in [0.2, 0.25) is 5.95 Å². The Labute approximate surface area is 178 Å². The summed E-state index contributed by atoms with van der Waals surface area (Å²) in [6.45, 7) is 6.07. The summed E-state index contributed by atoms with van der Waals surface area (Å²) >= 11 is 0. The van der Waals surface area contributed by atoms with Crippen LogP contribution in [0, 0.1) is 6.92 Å². The van der Waals surface area contributed by atoms with Crippen LogP contribution in [0.4, 0.5) is 23.3 Å². The SMILES string of the molecule is Cc1ccc(Nc2cc(N3CCCCC3)nc(N3CCc4ccccc4C3)n2)cc1. The minimum absolute atomic E-state index is 0.821. The van der Waals surface area contributed by atoms with Crippen molar-refractivity contribution in [2.45, 2.75) is 39.2 Å². The zero-order valence-electron chi connectivity index (χ0n) is 17.6. The molecule has 0 unspecified atom stereocenters. The summed E-state index contributed by atoms with van der Waals surface area (Å²) in [5, 5.41) is 3.50. The fraction of sp³-hybridized carbons (Fsp3) is 0.360. The highest BCUT2D eigenvalue weighted by Crippen LogP contribution is 2.28. The Hall–Kier alpha value is -3.08. The van der Waals surface area contributed by atoms with Gasteiger partial charge in [-0.05, 0) is 55.9 Å². The number of piperidine rings is 1. The number of hydrogen-bond donors (Lipinski definition) is 1. The monoisotopic (exact) mass is 399 g/mol. The zero-order valence-corrected chi connectivity index (χ0v) is 17.6. The fourth-order valence-electron chi connectivity index (χ4n) is 4.36. The first-order valence-corrected chi connectivity index (χ1v) is 11.0. The first-order valence-electron chi connectivity index (χ1n) is 11.0. The topological polar surface area (TPSA) is 44.3 Å². The van der Waals surface area contributed by atoms with E-state index in [0.29, 0.717) is 0 Å². The molecule has 30 heavy (non-hydrogen) atoms. The van der Waals surface area contributed by atoms with Crippen LogP contribution in [0.5, 0.6) is 0 Å². The van der Waals surface area contributed by atoms with E-state index >= 15 is 0 Å². The molecule has 0 amide bonds. The molecule has 0 spiro atoms. The van der Waals surface area contributed by atoms with E-state index in [4.69, 9.17) is 9.97 Å². The van der Waals surface area contributed by atoms with Gasteiger partial charge >= 0.3 is 0 Å². The van der Waals surface area contributed by atoms with Gasteiger partial charge in [0.25, 0.3) is 0 Å². The van der Waals surface area contributed by atoms with Gasteiger partial charge in [0, 0.05) is 37.9 Å². The summed E-state index contributed by atoms with van der Waals surface area (Å²) in [7, 11) is 0. The molecule has 154 valence electrons. The molecule has 0 radical (unpaired) electrons. The van der Waals surface area contributed by atoms with Crippen molar-refractivity contribution in [3.63, 3.8) is 0 Å². The predicted octanol–water partition coefficient (Wildman–Crippen LogP) is 5.08. The Kier molecular flexibility index (Phi) is 5.26. The second-order valence-corrected chi connectivity index (χ2v) is 8.39. The van der Waals surface area contributed by atoms with Crippen molar-refractivity contribution < 1.29 is 0 Å². The van der Waals surface area contributed by atoms with Gasteiger partial charge in [-0.15, -0.1) is 0 Å². The first-order chi connectivity index (χ1) is 14.7. The van der Waals surface area contributed by atoms with Gasteiger partial charge in [-0.25, -0.2) is 0 Å². The molecular weight excluding hydrogens is 370 g/mol. The third-order valence-electron chi connectivity index (χ3n) is 6.12. The van der Waals surface area contributed by atoms with Crippen molar-refractivity contribution in [1.29, 1.82) is 0 Å². The second kappa shape index (κ2) is 8.34. The molecule has 5 heteroatoms. The third kappa shape index (κ3) is 4.11. The number of aromatic nitrogens is 2. The van der Waals surface area contributed by atoms with Crippen LogP contribution in [-0.2, 0) is 13.0 Å². The van der Waals surface area contributed by atoms with Crippen molar-refractivity contribution in [3.05, 3.63) is 71.3 Å². The van der Waals surface area contributed by atoms with E-state index in [0.717, 1.165) is 55.9 Å². The first kappa shape index (κ1) is 18.9. The lowest BCUT2D eigenvalue weighted by atomic mass is 10.0. The molecule has 2 aromatic carbocycles. The smallest absolute Gasteiger partial charge is 0.229 e. The number of rotatable bonds is 4. The number of benzene rings is 2. The second-order valence-electron chi connectivity index (χ2n) is 8.39. The highest BCUT2D eigenvalue weighted by molar-refractivity contribution is 5.62. The van der Waals surface area contributed by atoms with Crippen LogP contribution in [0.2, 0.25) is 0 Å². The fourth-order valence-corrected chi connectivity index (χ4v) is 4.36. The van der Waals surface area contributed by atoms with Gasteiger partial charge in [0.15, 0.2) is 0 Å². The molecule has 3 aromatic rings. The Morgan fingerprint density at radius 3 is 2.37 bits per heavy atom. The quantitative estimate of drug-likeness (QED) is 0.663. The normalized spacial score (nSPS) is 16.3. The highest BCUT2D eigenvalue weighted by Gasteiger charge is 2.21. The molecule has 0 saturated carbocycles. The minimum Gasteiger partial charge on any atom is -0.356 e. The molecule has 1 fully saturated rings. The van der Waals surface area contributed by atoms with Gasteiger partial charge in [-0.3, -0.25) is 0 Å². The average Bonchev–Trinajstić information content (AvgIpc) is 2.81.